The summed E-state index contributed by atoms with van der Waals surface area (Å²) in [5, 5.41) is 2.58. The summed E-state index contributed by atoms with van der Waals surface area (Å²) >= 11 is 0. The number of rotatable bonds is 8. The molecule has 0 aliphatic rings. The van der Waals surface area contributed by atoms with Crippen LogP contribution in [-0.4, -0.2) is 41.4 Å². The predicted octanol–water partition coefficient (Wildman–Crippen LogP) is -0.786. The van der Waals surface area contributed by atoms with Crippen molar-refractivity contribution >= 4 is 26.0 Å². The van der Waals surface area contributed by atoms with Crippen molar-refractivity contribution in [2.75, 3.05) is 14.1 Å². The fourth-order valence-corrected chi connectivity index (χ4v) is 4.28. The van der Waals surface area contributed by atoms with Gasteiger partial charge in [0.15, 0.2) is 0 Å². The lowest BCUT2D eigenvalue weighted by atomic mass is 10.4. The van der Waals surface area contributed by atoms with Gasteiger partial charge < -0.3 is 14.3 Å². The minimum Gasteiger partial charge on any atom is -0.467 e. The molecule has 0 radical (unpaired) electrons. The first-order chi connectivity index (χ1) is 11.7. The molecular weight excluding hydrogens is 372 g/mol. The topological polar surface area (TPSA) is 140 Å². The largest absolute Gasteiger partial charge is 0.467 e. The smallest absolute Gasteiger partial charge is 0.243 e. The monoisotopic (exact) mass is 390 g/mol. The second-order valence-electron chi connectivity index (χ2n) is 4.93. The third-order valence-electron chi connectivity index (χ3n) is 3.29. The third kappa shape index (κ3) is 4.48. The summed E-state index contributed by atoms with van der Waals surface area (Å²) in [7, 11) is -5.71. The standard InChI is InChI=1S/C13H18N4O6S2/c1-14-24(19,20)11-7-17(8-12(11)25(21,22)15-2)9-13(18)16-6-10-4-3-5-23-10/h3-5,7-8,14-15H,6,9H2,1-2H3,(H,16,18). The van der Waals surface area contributed by atoms with Gasteiger partial charge in [0, 0.05) is 12.4 Å². The summed E-state index contributed by atoms with van der Waals surface area (Å²) in [6, 6.07) is 3.36. The molecule has 0 bridgehead atoms. The molecule has 0 atom stereocenters. The summed E-state index contributed by atoms with van der Waals surface area (Å²) in [5.74, 6) is 0.117. The fraction of sp³-hybridized carbons (Fsp3) is 0.308. The van der Waals surface area contributed by atoms with Gasteiger partial charge in [-0.05, 0) is 26.2 Å². The Morgan fingerprint density at radius 1 is 1.08 bits per heavy atom. The van der Waals surface area contributed by atoms with Gasteiger partial charge in [-0.2, -0.15) is 0 Å². The third-order valence-corrected chi connectivity index (χ3v) is 6.30. The molecule has 25 heavy (non-hydrogen) atoms. The zero-order valence-corrected chi connectivity index (χ0v) is 15.1. The minimum atomic E-state index is -4.02. The van der Waals surface area contributed by atoms with Gasteiger partial charge in [0.1, 0.15) is 22.1 Å². The number of hydrogen-bond acceptors (Lipinski definition) is 6. The Morgan fingerprint density at radius 3 is 2.08 bits per heavy atom. The summed E-state index contributed by atoms with van der Waals surface area (Å²) in [6.07, 6.45) is 3.64. The van der Waals surface area contributed by atoms with E-state index < -0.39 is 35.7 Å². The van der Waals surface area contributed by atoms with Crippen LogP contribution >= 0.6 is 0 Å². The number of nitrogens with zero attached hydrogens (tertiary/aromatic N) is 1. The maximum absolute atomic E-state index is 12.0. The van der Waals surface area contributed by atoms with E-state index in [1.807, 2.05) is 0 Å². The van der Waals surface area contributed by atoms with E-state index in [1.165, 1.54) is 24.9 Å². The second kappa shape index (κ2) is 7.39. The van der Waals surface area contributed by atoms with Gasteiger partial charge in [-0.15, -0.1) is 0 Å². The Morgan fingerprint density at radius 2 is 1.64 bits per heavy atom. The lowest BCUT2D eigenvalue weighted by Crippen LogP contribution is -2.26. The van der Waals surface area contributed by atoms with E-state index in [-0.39, 0.29) is 13.1 Å². The first kappa shape index (κ1) is 19.2. The molecule has 10 nitrogen and oxygen atoms in total. The summed E-state index contributed by atoms with van der Waals surface area (Å²) in [6.45, 7) is -0.0946. The molecule has 0 saturated heterocycles. The highest BCUT2D eigenvalue weighted by molar-refractivity contribution is 7.92. The molecule has 0 aliphatic heterocycles. The normalized spacial score (nSPS) is 12.2. The van der Waals surface area contributed by atoms with Crippen molar-refractivity contribution in [1.29, 1.82) is 0 Å². The highest BCUT2D eigenvalue weighted by atomic mass is 32.2. The summed E-state index contributed by atoms with van der Waals surface area (Å²) in [5.41, 5.74) is 0. The number of carbonyl (C=O) groups excluding carboxylic acids is 1. The van der Waals surface area contributed by atoms with Gasteiger partial charge in [0.2, 0.25) is 26.0 Å². The first-order valence-electron chi connectivity index (χ1n) is 7.05. The summed E-state index contributed by atoms with van der Waals surface area (Å²) in [4.78, 5) is 11.1. The van der Waals surface area contributed by atoms with Crippen molar-refractivity contribution < 1.29 is 26.0 Å². The molecule has 2 aromatic heterocycles. The molecule has 0 aliphatic carbocycles. The van der Waals surface area contributed by atoms with Gasteiger partial charge in [0.05, 0.1) is 12.8 Å². The van der Waals surface area contributed by atoms with E-state index in [4.69, 9.17) is 4.42 Å². The lowest BCUT2D eigenvalue weighted by Gasteiger charge is -2.04. The molecule has 0 aromatic carbocycles. The number of carbonyl (C=O) groups is 1. The Balaban J connectivity index is 2.24. The number of amides is 1. The molecule has 3 N–H and O–H groups in total. The maximum atomic E-state index is 12.0. The van der Waals surface area contributed by atoms with Crippen LogP contribution in [0.3, 0.4) is 0 Å². The van der Waals surface area contributed by atoms with Gasteiger partial charge in [-0.1, -0.05) is 0 Å². The van der Waals surface area contributed by atoms with Crippen LogP contribution in [0.1, 0.15) is 5.76 Å². The molecule has 0 saturated carbocycles. The maximum Gasteiger partial charge on any atom is 0.243 e. The molecule has 1 amide bonds. The minimum absolute atomic E-state index is 0.163. The van der Waals surface area contributed by atoms with Crippen LogP contribution in [0.4, 0.5) is 0 Å². The SMILES string of the molecule is CNS(=O)(=O)c1cn(CC(=O)NCc2ccco2)cc1S(=O)(=O)NC. The van der Waals surface area contributed by atoms with Crippen LogP contribution in [0, 0.1) is 0 Å². The fourth-order valence-electron chi connectivity index (χ4n) is 2.00. The molecule has 12 heteroatoms. The van der Waals surface area contributed by atoms with Crippen LogP contribution < -0.4 is 14.8 Å². The number of furan rings is 1. The van der Waals surface area contributed by atoms with E-state index in [9.17, 15) is 21.6 Å². The van der Waals surface area contributed by atoms with Gasteiger partial charge in [-0.25, -0.2) is 26.3 Å². The molecule has 0 unspecified atom stereocenters. The Labute approximate surface area is 145 Å². The van der Waals surface area contributed by atoms with Crippen LogP contribution in [-0.2, 0) is 37.9 Å². The molecule has 138 valence electrons. The van der Waals surface area contributed by atoms with Crippen LogP contribution in [0.15, 0.2) is 45.0 Å². The van der Waals surface area contributed by atoms with E-state index in [1.54, 1.807) is 12.1 Å². The van der Waals surface area contributed by atoms with Gasteiger partial charge in [-0.3, -0.25) is 4.79 Å². The van der Waals surface area contributed by atoms with Gasteiger partial charge >= 0.3 is 0 Å². The number of sulfonamides is 2. The quantitative estimate of drug-likeness (QED) is 0.540. The first-order valence-corrected chi connectivity index (χ1v) is 10.0. The highest BCUT2D eigenvalue weighted by Crippen LogP contribution is 2.21. The van der Waals surface area contributed by atoms with Crippen molar-refractivity contribution in [2.24, 2.45) is 0 Å². The van der Waals surface area contributed by atoms with Crippen LogP contribution in [0.25, 0.3) is 0 Å². The summed E-state index contributed by atoms with van der Waals surface area (Å²) < 4.78 is 58.5. The average Bonchev–Trinajstić information content (AvgIpc) is 3.23. The van der Waals surface area contributed by atoms with E-state index in [2.05, 4.69) is 14.8 Å². The van der Waals surface area contributed by atoms with Crippen molar-refractivity contribution in [3.8, 4) is 0 Å². The molecule has 2 aromatic rings. The van der Waals surface area contributed by atoms with Gasteiger partial charge in [0.25, 0.3) is 0 Å². The molecular formula is C13H18N4O6S2. The number of aromatic nitrogens is 1. The van der Waals surface area contributed by atoms with E-state index >= 15 is 0 Å². The van der Waals surface area contributed by atoms with Crippen molar-refractivity contribution in [2.45, 2.75) is 22.9 Å². The second-order valence-corrected chi connectivity index (χ2v) is 8.64. The lowest BCUT2D eigenvalue weighted by molar-refractivity contribution is -0.121. The van der Waals surface area contributed by atoms with Crippen molar-refractivity contribution in [3.05, 3.63) is 36.5 Å². The molecule has 2 rings (SSSR count). The predicted molar refractivity (Wildman–Crippen MR) is 87.5 cm³/mol. The van der Waals surface area contributed by atoms with Crippen molar-refractivity contribution in [3.63, 3.8) is 0 Å². The molecule has 0 spiro atoms. The molecule has 2 heterocycles. The highest BCUT2D eigenvalue weighted by Gasteiger charge is 2.27. The Bertz CT molecular complexity index is 893. The zero-order valence-electron chi connectivity index (χ0n) is 13.5. The molecule has 0 fully saturated rings. The van der Waals surface area contributed by atoms with Crippen LogP contribution in [0.2, 0.25) is 0 Å². The number of hydrogen-bond donors (Lipinski definition) is 3. The van der Waals surface area contributed by atoms with Crippen molar-refractivity contribution in [1.82, 2.24) is 19.3 Å². The average molecular weight is 390 g/mol. The number of nitrogens with one attached hydrogen (secondary N) is 3. The van der Waals surface area contributed by atoms with E-state index in [0.717, 1.165) is 12.4 Å². The Kier molecular flexibility index (Phi) is 5.67. The van der Waals surface area contributed by atoms with Crippen LogP contribution in [0.5, 0.6) is 0 Å². The Hall–Kier alpha value is -2.15. The zero-order chi connectivity index (χ0) is 18.7. The van der Waals surface area contributed by atoms with E-state index in [0.29, 0.717) is 5.76 Å².